The van der Waals surface area contributed by atoms with Crippen molar-refractivity contribution in [2.75, 3.05) is 32.1 Å². The van der Waals surface area contributed by atoms with Crippen LogP contribution in [0.25, 0.3) is 0 Å². The van der Waals surface area contributed by atoms with Gasteiger partial charge < -0.3 is 19.7 Å². The van der Waals surface area contributed by atoms with Gasteiger partial charge in [-0.05, 0) is 12.1 Å². The highest BCUT2D eigenvalue weighted by Gasteiger charge is 2.10. The summed E-state index contributed by atoms with van der Waals surface area (Å²) in [5.41, 5.74) is 0.959. The van der Waals surface area contributed by atoms with Crippen molar-refractivity contribution < 1.29 is 14.7 Å². The molecule has 6 heteroatoms. The fourth-order valence-electron chi connectivity index (χ4n) is 1.46. The second-order valence-corrected chi connectivity index (χ2v) is 4.00. The smallest absolute Gasteiger partial charge is 0.224 e. The molecular formula is C12H16N3O3-. The first kappa shape index (κ1) is 14.0. The van der Waals surface area contributed by atoms with Crippen LogP contribution >= 0.6 is 0 Å². The molecule has 0 aromatic carbocycles. The first-order valence-corrected chi connectivity index (χ1v) is 5.55. The van der Waals surface area contributed by atoms with Crippen molar-refractivity contribution in [1.29, 1.82) is 0 Å². The first-order valence-electron chi connectivity index (χ1n) is 5.55. The normalized spacial score (nSPS) is 9.89. The molecule has 0 unspecified atom stereocenters. The molecule has 0 atom stereocenters. The van der Waals surface area contributed by atoms with Gasteiger partial charge in [-0.2, -0.15) is 0 Å². The lowest BCUT2D eigenvalue weighted by atomic mass is 10.3. The summed E-state index contributed by atoms with van der Waals surface area (Å²) in [6, 6.07) is 3.69. The molecule has 1 rings (SSSR count). The number of rotatable bonds is 6. The van der Waals surface area contributed by atoms with E-state index in [1.165, 1.54) is 7.05 Å². The molecule has 0 bridgehead atoms. The third kappa shape index (κ3) is 4.40. The number of anilines is 1. The Morgan fingerprint density at radius 1 is 1.28 bits per heavy atom. The minimum Gasteiger partial charge on any atom is -0.548 e. The summed E-state index contributed by atoms with van der Waals surface area (Å²) in [7, 11) is 3.31. The van der Waals surface area contributed by atoms with Crippen molar-refractivity contribution in [2.45, 2.75) is 6.42 Å². The molecule has 0 aliphatic rings. The van der Waals surface area contributed by atoms with Gasteiger partial charge in [-0.3, -0.25) is 9.78 Å². The van der Waals surface area contributed by atoms with Crippen LogP contribution in [-0.4, -0.2) is 48.9 Å². The molecule has 0 aliphatic carbocycles. The molecule has 0 spiro atoms. The lowest BCUT2D eigenvalue weighted by Gasteiger charge is -2.22. The third-order valence-electron chi connectivity index (χ3n) is 2.56. The van der Waals surface area contributed by atoms with E-state index < -0.39 is 5.97 Å². The first-order chi connectivity index (χ1) is 8.50. The van der Waals surface area contributed by atoms with Gasteiger partial charge in [-0.25, -0.2) is 0 Å². The Kier molecular flexibility index (Phi) is 5.10. The maximum Gasteiger partial charge on any atom is 0.224 e. The topological polar surface area (TPSA) is 76.6 Å². The average Bonchev–Trinajstić information content (AvgIpc) is 2.35. The molecule has 1 amide bonds. The third-order valence-corrected chi connectivity index (χ3v) is 2.56. The predicted octanol–water partition coefficient (Wildman–Crippen LogP) is -0.884. The van der Waals surface area contributed by atoms with Crippen LogP contribution in [0.2, 0.25) is 0 Å². The SMILES string of the molecule is CN(CC(=O)[O-])C(=O)CCN(C)c1ccncc1. The number of nitrogens with zero attached hydrogens (tertiary/aromatic N) is 3. The van der Waals surface area contributed by atoms with E-state index in [2.05, 4.69) is 4.98 Å². The van der Waals surface area contributed by atoms with Crippen molar-refractivity contribution in [2.24, 2.45) is 0 Å². The zero-order valence-corrected chi connectivity index (χ0v) is 10.5. The molecule has 0 aliphatic heterocycles. The Hall–Kier alpha value is -2.11. The average molecular weight is 250 g/mol. The van der Waals surface area contributed by atoms with E-state index in [0.29, 0.717) is 6.54 Å². The molecule has 1 aromatic rings. The van der Waals surface area contributed by atoms with Crippen LogP contribution in [0.4, 0.5) is 5.69 Å². The number of pyridine rings is 1. The van der Waals surface area contributed by atoms with Crippen LogP contribution < -0.4 is 10.0 Å². The van der Waals surface area contributed by atoms with E-state index in [0.717, 1.165) is 10.6 Å². The molecule has 98 valence electrons. The number of hydrogen-bond donors (Lipinski definition) is 0. The van der Waals surface area contributed by atoms with E-state index in [4.69, 9.17) is 0 Å². The van der Waals surface area contributed by atoms with Gasteiger partial charge in [0.15, 0.2) is 0 Å². The maximum absolute atomic E-state index is 11.6. The Morgan fingerprint density at radius 3 is 2.44 bits per heavy atom. The van der Waals surface area contributed by atoms with Gasteiger partial charge in [0.05, 0.1) is 12.5 Å². The zero-order valence-electron chi connectivity index (χ0n) is 10.5. The molecule has 18 heavy (non-hydrogen) atoms. The fraction of sp³-hybridized carbons (Fsp3) is 0.417. The summed E-state index contributed by atoms with van der Waals surface area (Å²) in [6.07, 6.45) is 3.61. The van der Waals surface area contributed by atoms with Crippen molar-refractivity contribution in [3.63, 3.8) is 0 Å². The Morgan fingerprint density at radius 2 is 1.89 bits per heavy atom. The number of carboxylic acids is 1. The van der Waals surface area contributed by atoms with Crippen molar-refractivity contribution >= 4 is 17.6 Å². The fourth-order valence-corrected chi connectivity index (χ4v) is 1.46. The van der Waals surface area contributed by atoms with Crippen LogP contribution in [0, 0.1) is 0 Å². The van der Waals surface area contributed by atoms with E-state index >= 15 is 0 Å². The van der Waals surface area contributed by atoms with Gasteiger partial charge in [0.25, 0.3) is 0 Å². The second-order valence-electron chi connectivity index (χ2n) is 4.00. The molecule has 1 heterocycles. The number of amides is 1. The number of carboxylic acid groups (broad SMARTS) is 1. The van der Waals surface area contributed by atoms with Gasteiger partial charge in [0, 0.05) is 45.1 Å². The number of carbonyl (C=O) groups is 2. The summed E-state index contributed by atoms with van der Waals surface area (Å²) >= 11 is 0. The molecule has 0 radical (unpaired) electrons. The van der Waals surface area contributed by atoms with E-state index in [1.54, 1.807) is 12.4 Å². The monoisotopic (exact) mass is 250 g/mol. The summed E-state index contributed by atoms with van der Waals surface area (Å²) in [5, 5.41) is 10.4. The summed E-state index contributed by atoms with van der Waals surface area (Å²) < 4.78 is 0. The van der Waals surface area contributed by atoms with E-state index in [9.17, 15) is 14.7 Å². The van der Waals surface area contributed by atoms with Crippen molar-refractivity contribution in [1.82, 2.24) is 9.88 Å². The molecule has 0 saturated carbocycles. The van der Waals surface area contributed by atoms with Crippen molar-refractivity contribution in [3.8, 4) is 0 Å². The van der Waals surface area contributed by atoms with Crippen LogP contribution in [0.3, 0.4) is 0 Å². The van der Waals surface area contributed by atoms with Crippen LogP contribution in [0.1, 0.15) is 6.42 Å². The molecule has 0 saturated heterocycles. The summed E-state index contributed by atoms with van der Waals surface area (Å²) in [5.74, 6) is -1.48. The minimum atomic E-state index is -1.26. The molecule has 6 nitrogen and oxygen atoms in total. The highest BCUT2D eigenvalue weighted by atomic mass is 16.4. The molecule has 1 aromatic heterocycles. The Labute approximate surface area is 106 Å². The van der Waals surface area contributed by atoms with Crippen molar-refractivity contribution in [3.05, 3.63) is 24.5 Å². The van der Waals surface area contributed by atoms with E-state index in [1.807, 2.05) is 24.1 Å². The number of aromatic nitrogens is 1. The Bertz CT molecular complexity index is 408. The lowest BCUT2D eigenvalue weighted by Crippen LogP contribution is -2.40. The zero-order chi connectivity index (χ0) is 13.5. The minimum absolute atomic E-state index is 0.222. The van der Waals surface area contributed by atoms with Crippen LogP contribution in [0.5, 0.6) is 0 Å². The Balaban J connectivity index is 2.41. The summed E-state index contributed by atoms with van der Waals surface area (Å²) in [4.78, 5) is 28.9. The highest BCUT2D eigenvalue weighted by molar-refractivity contribution is 5.80. The van der Waals surface area contributed by atoms with E-state index in [-0.39, 0.29) is 18.9 Å². The largest absolute Gasteiger partial charge is 0.548 e. The van der Waals surface area contributed by atoms with Gasteiger partial charge in [0.1, 0.15) is 0 Å². The predicted molar refractivity (Wildman–Crippen MR) is 64.8 cm³/mol. The quantitative estimate of drug-likeness (QED) is 0.655. The number of aliphatic carboxylic acids is 1. The van der Waals surface area contributed by atoms with Crippen LogP contribution in [-0.2, 0) is 9.59 Å². The van der Waals surface area contributed by atoms with Gasteiger partial charge >= 0.3 is 0 Å². The van der Waals surface area contributed by atoms with Gasteiger partial charge in [-0.1, -0.05) is 0 Å². The van der Waals surface area contributed by atoms with Gasteiger partial charge in [0.2, 0.25) is 5.91 Å². The second kappa shape index (κ2) is 6.58. The van der Waals surface area contributed by atoms with Crippen LogP contribution in [0.15, 0.2) is 24.5 Å². The standard InChI is InChI=1S/C12H17N3O3/c1-14(10-3-6-13-7-4-10)8-5-11(16)15(2)9-12(17)18/h3-4,6-7H,5,8-9H2,1-2H3,(H,17,18)/p-1. The van der Waals surface area contributed by atoms with Gasteiger partial charge in [-0.15, -0.1) is 0 Å². The number of likely N-dealkylation sites (N-methyl/N-ethyl adjacent to an activating group) is 1. The molecule has 0 fully saturated rings. The molecular weight excluding hydrogens is 234 g/mol. The maximum atomic E-state index is 11.6. The number of carbonyl (C=O) groups excluding carboxylic acids is 2. The molecule has 0 N–H and O–H groups in total. The number of hydrogen-bond acceptors (Lipinski definition) is 5. The summed E-state index contributed by atoms with van der Waals surface area (Å²) in [6.45, 7) is 0.137. The highest BCUT2D eigenvalue weighted by Crippen LogP contribution is 2.10. The lowest BCUT2D eigenvalue weighted by molar-refractivity contribution is -0.305.